The minimum Gasteiger partial charge on any atom is -0.496 e. The minimum absolute atomic E-state index is 0.169. The zero-order valence-electron chi connectivity index (χ0n) is 14.5. The molecule has 0 aliphatic heterocycles. The predicted octanol–water partition coefficient (Wildman–Crippen LogP) is 1.96. The van der Waals surface area contributed by atoms with Gasteiger partial charge in [0.05, 0.1) is 20.3 Å². The van der Waals surface area contributed by atoms with Gasteiger partial charge in [-0.3, -0.25) is 4.79 Å². The lowest BCUT2D eigenvalue weighted by atomic mass is 9.90. The Bertz CT molecular complexity index is 876. The highest BCUT2D eigenvalue weighted by Crippen LogP contribution is 2.42. The van der Waals surface area contributed by atoms with E-state index in [1.165, 1.54) is 6.07 Å². The summed E-state index contributed by atoms with van der Waals surface area (Å²) >= 11 is 0. The van der Waals surface area contributed by atoms with Gasteiger partial charge in [0.2, 0.25) is 0 Å². The van der Waals surface area contributed by atoms with Gasteiger partial charge in [-0.15, -0.1) is 0 Å². The van der Waals surface area contributed by atoms with Crippen LogP contribution < -0.4 is 15.9 Å². The molecule has 0 aromatic heterocycles. The number of aliphatic hydroxyl groups is 2. The molecule has 0 spiro atoms. The van der Waals surface area contributed by atoms with Crippen LogP contribution in [0.15, 0.2) is 29.1 Å². The first-order valence-corrected chi connectivity index (χ1v) is 8.36. The zero-order chi connectivity index (χ0) is 18.1. The molecule has 0 heterocycles. The molecule has 4 N–H and O–H groups in total. The van der Waals surface area contributed by atoms with Crippen LogP contribution in [0.1, 0.15) is 40.3 Å². The molecule has 2 aromatic rings. The van der Waals surface area contributed by atoms with Crippen molar-refractivity contribution in [3.63, 3.8) is 0 Å². The third-order valence-electron chi connectivity index (χ3n) is 4.93. The SMILES string of the molecule is COc1c(C)cc2c(c1CO)-c1ccc(=O)c(CO)cc1C(N)CC2. The van der Waals surface area contributed by atoms with Crippen LogP contribution in [0.4, 0.5) is 0 Å². The number of hydrogen-bond acceptors (Lipinski definition) is 5. The Morgan fingerprint density at radius 1 is 1.24 bits per heavy atom. The summed E-state index contributed by atoms with van der Waals surface area (Å²) in [6, 6.07) is 6.71. The van der Waals surface area contributed by atoms with E-state index in [0.29, 0.717) is 16.9 Å². The molecule has 0 radical (unpaired) electrons. The normalized spacial score (nSPS) is 16.0. The summed E-state index contributed by atoms with van der Waals surface area (Å²) < 4.78 is 5.51. The van der Waals surface area contributed by atoms with Crippen LogP contribution in [0.2, 0.25) is 0 Å². The molecule has 5 heteroatoms. The first-order valence-electron chi connectivity index (χ1n) is 8.36. The number of rotatable bonds is 3. The summed E-state index contributed by atoms with van der Waals surface area (Å²) in [7, 11) is 1.59. The highest BCUT2D eigenvalue weighted by Gasteiger charge is 2.25. The van der Waals surface area contributed by atoms with Gasteiger partial charge in [0.1, 0.15) is 5.75 Å². The molecule has 0 saturated heterocycles. The number of benzene rings is 1. The smallest absolute Gasteiger partial charge is 0.184 e. The van der Waals surface area contributed by atoms with Gasteiger partial charge in [-0.1, -0.05) is 12.1 Å². The van der Waals surface area contributed by atoms with Crippen LogP contribution in [0.3, 0.4) is 0 Å². The monoisotopic (exact) mass is 341 g/mol. The van der Waals surface area contributed by atoms with Crippen LogP contribution in [0.25, 0.3) is 11.1 Å². The Kier molecular flexibility index (Phi) is 4.90. The van der Waals surface area contributed by atoms with Gasteiger partial charge in [-0.05, 0) is 59.7 Å². The summed E-state index contributed by atoms with van der Waals surface area (Å²) in [5, 5.41) is 19.5. The molecule has 2 aromatic carbocycles. The van der Waals surface area contributed by atoms with Crippen LogP contribution in [-0.4, -0.2) is 17.3 Å². The predicted molar refractivity (Wildman–Crippen MR) is 96.5 cm³/mol. The zero-order valence-corrected chi connectivity index (χ0v) is 14.5. The highest BCUT2D eigenvalue weighted by molar-refractivity contribution is 5.78. The second-order valence-corrected chi connectivity index (χ2v) is 6.44. The average molecular weight is 341 g/mol. The van der Waals surface area contributed by atoms with Gasteiger partial charge >= 0.3 is 0 Å². The Labute approximate surface area is 146 Å². The summed E-state index contributed by atoms with van der Waals surface area (Å²) in [6.45, 7) is 1.45. The van der Waals surface area contributed by atoms with E-state index in [1.54, 1.807) is 19.2 Å². The molecular formula is C20H23NO4. The summed E-state index contributed by atoms with van der Waals surface area (Å²) in [6.07, 6.45) is 1.49. The van der Waals surface area contributed by atoms with Gasteiger partial charge in [0.25, 0.3) is 0 Å². The highest BCUT2D eigenvalue weighted by atomic mass is 16.5. The van der Waals surface area contributed by atoms with Crippen molar-refractivity contribution in [2.24, 2.45) is 5.73 Å². The van der Waals surface area contributed by atoms with Crippen LogP contribution >= 0.6 is 0 Å². The van der Waals surface area contributed by atoms with Crippen LogP contribution in [-0.2, 0) is 19.6 Å². The molecule has 1 aliphatic rings. The van der Waals surface area contributed by atoms with Gasteiger partial charge in [0, 0.05) is 17.2 Å². The van der Waals surface area contributed by atoms with E-state index >= 15 is 0 Å². The summed E-state index contributed by atoms with van der Waals surface area (Å²) in [5.74, 6) is 0.652. The molecule has 0 bridgehead atoms. The Hall–Kier alpha value is -2.21. The van der Waals surface area contributed by atoms with Crippen molar-refractivity contribution in [2.75, 3.05) is 7.11 Å². The summed E-state index contributed by atoms with van der Waals surface area (Å²) in [5.41, 5.74) is 11.7. The maximum atomic E-state index is 12.2. The first kappa shape index (κ1) is 17.6. The fraction of sp³-hybridized carbons (Fsp3) is 0.350. The molecular weight excluding hydrogens is 318 g/mol. The lowest BCUT2D eigenvalue weighted by Crippen LogP contribution is -2.11. The van der Waals surface area contributed by atoms with E-state index in [1.807, 2.05) is 6.92 Å². The molecule has 1 aliphatic carbocycles. The lowest BCUT2D eigenvalue weighted by molar-refractivity contribution is 0.274. The molecule has 132 valence electrons. The Morgan fingerprint density at radius 2 is 2.00 bits per heavy atom. The Morgan fingerprint density at radius 3 is 2.64 bits per heavy atom. The number of aliphatic hydroxyl groups excluding tert-OH is 2. The first-order chi connectivity index (χ1) is 12.0. The van der Waals surface area contributed by atoms with Crippen molar-refractivity contribution in [2.45, 2.75) is 39.0 Å². The molecule has 0 saturated carbocycles. The fourth-order valence-electron chi connectivity index (χ4n) is 3.74. The van der Waals surface area contributed by atoms with Crippen molar-refractivity contribution in [1.82, 2.24) is 0 Å². The summed E-state index contributed by atoms with van der Waals surface area (Å²) in [4.78, 5) is 12.2. The van der Waals surface area contributed by atoms with Crippen molar-refractivity contribution in [1.29, 1.82) is 0 Å². The van der Waals surface area contributed by atoms with Gasteiger partial charge in [-0.2, -0.15) is 0 Å². The molecule has 25 heavy (non-hydrogen) atoms. The van der Waals surface area contributed by atoms with E-state index in [-0.39, 0.29) is 24.7 Å². The maximum Gasteiger partial charge on any atom is 0.184 e. The second-order valence-electron chi connectivity index (χ2n) is 6.44. The van der Waals surface area contributed by atoms with Crippen molar-refractivity contribution in [3.05, 3.63) is 62.3 Å². The number of aryl methyl sites for hydroxylation is 2. The number of methoxy groups -OCH3 is 1. The molecule has 1 atom stereocenters. The molecule has 0 amide bonds. The Balaban J connectivity index is 2.44. The number of fused-ring (bicyclic) bond motifs is 3. The average Bonchev–Trinajstić information content (AvgIpc) is 2.84. The van der Waals surface area contributed by atoms with Crippen molar-refractivity contribution < 1.29 is 14.9 Å². The number of ether oxygens (including phenoxy) is 1. The number of hydrogen-bond donors (Lipinski definition) is 3. The van der Waals surface area contributed by atoms with E-state index in [9.17, 15) is 15.0 Å². The topological polar surface area (TPSA) is 92.8 Å². The van der Waals surface area contributed by atoms with Crippen molar-refractivity contribution in [3.8, 4) is 16.9 Å². The second kappa shape index (κ2) is 6.96. The van der Waals surface area contributed by atoms with E-state index < -0.39 is 0 Å². The van der Waals surface area contributed by atoms with Crippen molar-refractivity contribution >= 4 is 0 Å². The maximum absolute atomic E-state index is 12.2. The van der Waals surface area contributed by atoms with Crippen LogP contribution in [0.5, 0.6) is 5.75 Å². The largest absolute Gasteiger partial charge is 0.496 e. The third kappa shape index (κ3) is 2.95. The minimum atomic E-state index is -0.330. The van der Waals surface area contributed by atoms with E-state index in [4.69, 9.17) is 10.5 Å². The third-order valence-corrected chi connectivity index (χ3v) is 4.93. The fourth-order valence-corrected chi connectivity index (χ4v) is 3.74. The van der Waals surface area contributed by atoms with E-state index in [0.717, 1.165) is 40.7 Å². The molecule has 5 nitrogen and oxygen atoms in total. The molecule has 3 rings (SSSR count). The lowest BCUT2D eigenvalue weighted by Gasteiger charge is -2.19. The molecule has 0 fully saturated rings. The van der Waals surface area contributed by atoms with Gasteiger partial charge in [-0.25, -0.2) is 0 Å². The molecule has 1 unspecified atom stereocenters. The van der Waals surface area contributed by atoms with Crippen LogP contribution in [0, 0.1) is 6.92 Å². The van der Waals surface area contributed by atoms with Gasteiger partial charge in [0.15, 0.2) is 5.43 Å². The quantitative estimate of drug-likeness (QED) is 0.794. The van der Waals surface area contributed by atoms with Gasteiger partial charge < -0.3 is 20.7 Å². The standard InChI is InChI=1S/C20H23NO4/c1-11-7-12-3-5-17(21)15-8-13(9-22)18(24)6-4-14(15)19(12)16(10-23)20(11)25-2/h4,6-8,17,22-23H,3,5,9-10,21H2,1-2H3. The number of nitrogens with two attached hydrogens (primary N) is 1. The van der Waals surface area contributed by atoms with E-state index in [2.05, 4.69) is 6.07 Å².